The average Bonchev–Trinajstić information content (AvgIpc) is 3.22. The zero-order chi connectivity index (χ0) is 21.2. The second kappa shape index (κ2) is 8.27. The van der Waals surface area contributed by atoms with Gasteiger partial charge in [-0.25, -0.2) is 13.4 Å². The molecule has 0 atom stereocenters. The number of sulfone groups is 1. The molecule has 3 heterocycles. The van der Waals surface area contributed by atoms with Crippen molar-refractivity contribution in [3.63, 3.8) is 0 Å². The van der Waals surface area contributed by atoms with E-state index in [1.54, 1.807) is 4.90 Å². The van der Waals surface area contributed by atoms with Gasteiger partial charge in [0.15, 0.2) is 5.03 Å². The second-order valence-electron chi connectivity index (χ2n) is 6.96. The first kappa shape index (κ1) is 21.5. The highest BCUT2D eigenvalue weighted by molar-refractivity contribution is 7.92. The molecule has 0 saturated carbocycles. The van der Waals surface area contributed by atoms with E-state index in [4.69, 9.17) is 0 Å². The fourth-order valence-corrected chi connectivity index (χ4v) is 4.28. The fourth-order valence-electron chi connectivity index (χ4n) is 3.41. The van der Waals surface area contributed by atoms with Crippen LogP contribution in [0.15, 0.2) is 23.4 Å². The maximum Gasteiger partial charge on any atom is 0.503 e. The van der Waals surface area contributed by atoms with Gasteiger partial charge in [-0.15, -0.1) is 0 Å². The molecular weight excluding hydrogens is 413 g/mol. The molecule has 12 heteroatoms. The predicted molar refractivity (Wildman–Crippen MR) is 95.6 cm³/mol. The number of likely N-dealkylation sites (tertiary alicyclic amines) is 1. The summed E-state index contributed by atoms with van der Waals surface area (Å²) in [6.07, 6.45) is 2.88. The number of hydrogen-bond acceptors (Lipinski definition) is 6. The minimum Gasteiger partial charge on any atom is -0.342 e. The highest BCUT2D eigenvalue weighted by atomic mass is 32.2. The van der Waals surface area contributed by atoms with Crippen LogP contribution in [0.4, 0.5) is 13.2 Å². The van der Waals surface area contributed by atoms with Gasteiger partial charge in [-0.05, 0) is 25.0 Å². The van der Waals surface area contributed by atoms with Crippen LogP contribution >= 0.6 is 0 Å². The van der Waals surface area contributed by atoms with Crippen LogP contribution in [-0.2, 0) is 14.6 Å². The third-order valence-corrected chi connectivity index (χ3v) is 6.48. The van der Waals surface area contributed by atoms with Gasteiger partial charge in [-0.1, -0.05) is 0 Å². The van der Waals surface area contributed by atoms with Gasteiger partial charge in [0.2, 0.25) is 5.91 Å². The summed E-state index contributed by atoms with van der Waals surface area (Å²) in [4.78, 5) is 33.2. The zero-order valence-corrected chi connectivity index (χ0v) is 16.4. The Hall–Kier alpha value is -2.21. The Morgan fingerprint density at radius 1 is 1.00 bits per heavy atom. The summed E-state index contributed by atoms with van der Waals surface area (Å²) in [6, 6.07) is 2.24. The van der Waals surface area contributed by atoms with Crippen molar-refractivity contribution in [2.24, 2.45) is 0 Å². The van der Waals surface area contributed by atoms with Crippen LogP contribution in [0.2, 0.25) is 0 Å². The monoisotopic (exact) mass is 434 g/mol. The van der Waals surface area contributed by atoms with Crippen molar-refractivity contribution < 1.29 is 31.2 Å². The molecule has 1 aromatic rings. The van der Waals surface area contributed by atoms with E-state index in [9.17, 15) is 31.2 Å². The van der Waals surface area contributed by atoms with Gasteiger partial charge in [0.1, 0.15) is 0 Å². The summed E-state index contributed by atoms with van der Waals surface area (Å²) in [5.74, 6) is -0.806. The maximum absolute atomic E-state index is 12.9. The van der Waals surface area contributed by atoms with E-state index in [2.05, 4.69) is 4.98 Å². The van der Waals surface area contributed by atoms with Crippen LogP contribution < -0.4 is 0 Å². The summed E-state index contributed by atoms with van der Waals surface area (Å²) in [7, 11) is -5.75. The zero-order valence-electron chi connectivity index (χ0n) is 15.6. The molecule has 29 heavy (non-hydrogen) atoms. The highest BCUT2D eigenvalue weighted by Gasteiger charge is 2.49. The molecule has 2 aliphatic heterocycles. The van der Waals surface area contributed by atoms with Gasteiger partial charge in [0, 0.05) is 45.5 Å². The first-order chi connectivity index (χ1) is 13.6. The number of hydrogen-bond donors (Lipinski definition) is 0. The van der Waals surface area contributed by atoms with E-state index >= 15 is 0 Å². The lowest BCUT2D eigenvalue weighted by atomic mass is 10.2. The molecule has 0 aromatic carbocycles. The minimum absolute atomic E-state index is 0.0214. The molecule has 3 rings (SSSR count). The number of pyridine rings is 1. The molecule has 0 aliphatic carbocycles. The average molecular weight is 434 g/mol. The lowest BCUT2D eigenvalue weighted by Crippen LogP contribution is -2.51. The molecule has 0 bridgehead atoms. The minimum atomic E-state index is -5.75. The van der Waals surface area contributed by atoms with E-state index in [-0.39, 0.29) is 25.5 Å². The van der Waals surface area contributed by atoms with Crippen LogP contribution in [0.3, 0.4) is 0 Å². The molecular formula is C17H21F3N4O4S. The third kappa shape index (κ3) is 4.53. The van der Waals surface area contributed by atoms with E-state index in [0.29, 0.717) is 13.1 Å². The standard InChI is InChI=1S/C17H21F3N4O4S/c18-17(19,20)29(27,28)15-13(4-3-5-21-15)16(26)24-10-8-22(9-11-24)12-14(25)23-6-1-2-7-23/h3-5H,1-2,6-12H2. The fraction of sp³-hybridized carbons (Fsp3) is 0.588. The number of amides is 2. The molecule has 2 fully saturated rings. The van der Waals surface area contributed by atoms with Crippen LogP contribution in [0.5, 0.6) is 0 Å². The SMILES string of the molecule is O=C(CN1CCN(C(=O)c2cccnc2S(=O)(=O)C(F)(F)F)CC1)N1CCCC1. The summed E-state index contributed by atoms with van der Waals surface area (Å²) in [6.45, 7) is 2.80. The van der Waals surface area contributed by atoms with E-state index < -0.39 is 31.8 Å². The van der Waals surface area contributed by atoms with E-state index in [1.165, 1.54) is 11.0 Å². The molecule has 0 radical (unpaired) electrons. The Morgan fingerprint density at radius 2 is 1.62 bits per heavy atom. The number of halogens is 3. The Balaban J connectivity index is 1.67. The van der Waals surface area contributed by atoms with Gasteiger partial charge in [0.05, 0.1) is 12.1 Å². The summed E-state index contributed by atoms with van der Waals surface area (Å²) in [5.41, 5.74) is -6.16. The lowest BCUT2D eigenvalue weighted by molar-refractivity contribution is -0.131. The van der Waals surface area contributed by atoms with Crippen molar-refractivity contribution >= 4 is 21.7 Å². The van der Waals surface area contributed by atoms with Crippen molar-refractivity contribution in [1.29, 1.82) is 0 Å². The summed E-state index contributed by atoms with van der Waals surface area (Å²) < 4.78 is 62.2. The number of piperazine rings is 1. The largest absolute Gasteiger partial charge is 0.503 e. The van der Waals surface area contributed by atoms with Gasteiger partial charge in [-0.3, -0.25) is 14.5 Å². The van der Waals surface area contributed by atoms with Crippen LogP contribution in [0, 0.1) is 0 Å². The Bertz CT molecular complexity index is 877. The van der Waals surface area contributed by atoms with Crippen molar-refractivity contribution in [3.05, 3.63) is 23.9 Å². The lowest BCUT2D eigenvalue weighted by Gasteiger charge is -2.35. The highest BCUT2D eigenvalue weighted by Crippen LogP contribution is 2.31. The number of aromatic nitrogens is 1. The Kier molecular flexibility index (Phi) is 6.13. The van der Waals surface area contributed by atoms with E-state index in [0.717, 1.165) is 38.2 Å². The third-order valence-electron chi connectivity index (χ3n) is 5.04. The number of alkyl halides is 3. The smallest absolute Gasteiger partial charge is 0.342 e. The molecule has 2 aliphatic rings. The molecule has 0 spiro atoms. The quantitative estimate of drug-likeness (QED) is 0.695. The molecule has 1 aromatic heterocycles. The van der Waals surface area contributed by atoms with Gasteiger partial charge in [-0.2, -0.15) is 13.2 Å². The molecule has 2 saturated heterocycles. The first-order valence-corrected chi connectivity index (χ1v) is 10.7. The Morgan fingerprint density at radius 3 is 2.21 bits per heavy atom. The van der Waals surface area contributed by atoms with Crippen molar-refractivity contribution in [2.45, 2.75) is 23.4 Å². The molecule has 0 N–H and O–H groups in total. The summed E-state index contributed by atoms with van der Waals surface area (Å²) in [5, 5.41) is -1.29. The van der Waals surface area contributed by atoms with Crippen LogP contribution in [0.25, 0.3) is 0 Å². The van der Waals surface area contributed by atoms with E-state index in [1.807, 2.05) is 4.90 Å². The molecule has 8 nitrogen and oxygen atoms in total. The van der Waals surface area contributed by atoms with Crippen molar-refractivity contribution in [2.75, 3.05) is 45.8 Å². The van der Waals surface area contributed by atoms with Crippen LogP contribution in [0.1, 0.15) is 23.2 Å². The number of rotatable bonds is 4. The second-order valence-corrected chi connectivity index (χ2v) is 8.82. The molecule has 2 amide bonds. The Labute approximate surface area is 166 Å². The molecule has 160 valence electrons. The van der Waals surface area contributed by atoms with Gasteiger partial charge in [0.25, 0.3) is 15.7 Å². The van der Waals surface area contributed by atoms with Crippen molar-refractivity contribution in [3.8, 4) is 0 Å². The predicted octanol–water partition coefficient (Wildman–Crippen LogP) is 0.755. The molecule has 0 unspecified atom stereocenters. The number of carbonyl (C=O) groups is 2. The maximum atomic E-state index is 12.9. The normalized spacial score (nSPS) is 18.9. The summed E-state index contributed by atoms with van der Waals surface area (Å²) >= 11 is 0. The first-order valence-electron chi connectivity index (χ1n) is 9.17. The van der Waals surface area contributed by atoms with Crippen LogP contribution in [-0.4, -0.2) is 91.2 Å². The topological polar surface area (TPSA) is 90.9 Å². The number of nitrogens with zero attached hydrogens (tertiary/aromatic N) is 4. The van der Waals surface area contributed by atoms with Crippen molar-refractivity contribution in [1.82, 2.24) is 19.7 Å². The van der Waals surface area contributed by atoms with Gasteiger partial charge >= 0.3 is 5.51 Å². The number of carbonyl (C=O) groups excluding carboxylic acids is 2. The van der Waals surface area contributed by atoms with Gasteiger partial charge < -0.3 is 9.80 Å².